The van der Waals surface area contributed by atoms with Crippen LogP contribution < -0.4 is 9.47 Å². The van der Waals surface area contributed by atoms with Crippen molar-refractivity contribution in [1.82, 2.24) is 4.90 Å². The number of hydrogen-bond donors (Lipinski definition) is 0. The third kappa shape index (κ3) is 3.83. The molecule has 160 valence electrons. The van der Waals surface area contributed by atoms with Crippen LogP contribution in [-0.4, -0.2) is 31.6 Å². The minimum Gasteiger partial charge on any atom is -0.493 e. The number of rotatable bonds is 4. The largest absolute Gasteiger partial charge is 0.493 e. The zero-order valence-corrected chi connectivity index (χ0v) is 17.7. The molecule has 1 heterocycles. The Balaban J connectivity index is 1.89. The second-order valence-corrected chi connectivity index (χ2v) is 7.65. The van der Waals surface area contributed by atoms with Gasteiger partial charge in [0.15, 0.2) is 11.5 Å². The number of methoxy groups -OCH3 is 2. The van der Waals surface area contributed by atoms with Crippen molar-refractivity contribution in [1.29, 1.82) is 0 Å². The molecule has 0 fully saturated rings. The lowest BCUT2D eigenvalue weighted by molar-refractivity contribution is 0.0684. The van der Waals surface area contributed by atoms with Crippen molar-refractivity contribution in [3.8, 4) is 11.5 Å². The highest BCUT2D eigenvalue weighted by Crippen LogP contribution is 2.42. The van der Waals surface area contributed by atoms with Crippen LogP contribution in [0.25, 0.3) is 0 Å². The average molecular weight is 444 g/mol. The Kier molecular flexibility index (Phi) is 5.83. The fourth-order valence-corrected chi connectivity index (χ4v) is 4.25. The van der Waals surface area contributed by atoms with Crippen LogP contribution in [0.5, 0.6) is 11.5 Å². The molecule has 3 aromatic carbocycles. The highest BCUT2D eigenvalue weighted by atomic mass is 35.5. The number of nitrogens with zero attached hydrogens (tertiary/aromatic N) is 1. The molecule has 1 atom stereocenters. The molecule has 4 rings (SSSR count). The van der Waals surface area contributed by atoms with Crippen molar-refractivity contribution in [2.45, 2.75) is 12.5 Å². The van der Waals surface area contributed by atoms with Crippen LogP contribution in [0.3, 0.4) is 0 Å². The summed E-state index contributed by atoms with van der Waals surface area (Å²) in [5.74, 6) is -1.44. The Morgan fingerprint density at radius 1 is 1.00 bits per heavy atom. The van der Waals surface area contributed by atoms with Crippen LogP contribution in [0.2, 0.25) is 5.02 Å². The van der Waals surface area contributed by atoms with E-state index in [1.54, 1.807) is 31.4 Å². The predicted molar refractivity (Wildman–Crippen MR) is 114 cm³/mol. The van der Waals surface area contributed by atoms with E-state index in [9.17, 15) is 13.6 Å². The van der Waals surface area contributed by atoms with Crippen LogP contribution >= 0.6 is 11.6 Å². The van der Waals surface area contributed by atoms with Gasteiger partial charge in [-0.15, -0.1) is 0 Å². The van der Waals surface area contributed by atoms with Crippen LogP contribution in [0, 0.1) is 11.6 Å². The first-order valence-electron chi connectivity index (χ1n) is 9.69. The van der Waals surface area contributed by atoms with Crippen LogP contribution in [0.4, 0.5) is 8.78 Å². The highest BCUT2D eigenvalue weighted by Gasteiger charge is 2.35. The molecule has 0 aromatic heterocycles. The molecule has 1 amide bonds. The van der Waals surface area contributed by atoms with E-state index in [0.29, 0.717) is 22.9 Å². The van der Waals surface area contributed by atoms with Crippen molar-refractivity contribution >= 4 is 17.5 Å². The fourth-order valence-electron chi connectivity index (χ4n) is 4.05. The molecule has 0 spiro atoms. The first-order chi connectivity index (χ1) is 14.9. The minimum absolute atomic E-state index is 0.270. The minimum atomic E-state index is -0.895. The van der Waals surface area contributed by atoms with E-state index < -0.39 is 29.1 Å². The number of ether oxygens (including phenoxy) is 2. The maximum absolute atomic E-state index is 14.4. The smallest absolute Gasteiger partial charge is 0.260 e. The third-order valence-corrected chi connectivity index (χ3v) is 5.71. The van der Waals surface area contributed by atoms with Crippen molar-refractivity contribution < 1.29 is 23.0 Å². The van der Waals surface area contributed by atoms with Gasteiger partial charge in [0.2, 0.25) is 0 Å². The summed E-state index contributed by atoms with van der Waals surface area (Å²) in [6.45, 7) is 0.270. The van der Waals surface area contributed by atoms with Crippen molar-refractivity contribution in [2.24, 2.45) is 0 Å². The zero-order chi connectivity index (χ0) is 22.1. The molecule has 31 heavy (non-hydrogen) atoms. The monoisotopic (exact) mass is 443 g/mol. The maximum atomic E-state index is 14.4. The van der Waals surface area contributed by atoms with Gasteiger partial charge in [0.1, 0.15) is 17.2 Å². The Hall–Kier alpha value is -3.12. The second kappa shape index (κ2) is 8.55. The quantitative estimate of drug-likeness (QED) is 0.540. The summed E-state index contributed by atoms with van der Waals surface area (Å²) in [6.07, 6.45) is 0.495. The van der Waals surface area contributed by atoms with E-state index in [1.807, 2.05) is 12.1 Å². The van der Waals surface area contributed by atoms with Crippen molar-refractivity contribution in [2.75, 3.05) is 20.8 Å². The molecule has 0 N–H and O–H groups in total. The Bertz CT molecular complexity index is 1130. The second-order valence-electron chi connectivity index (χ2n) is 7.21. The van der Waals surface area contributed by atoms with Crippen LogP contribution in [-0.2, 0) is 6.42 Å². The maximum Gasteiger partial charge on any atom is 0.260 e. The molecule has 0 unspecified atom stereocenters. The highest BCUT2D eigenvalue weighted by molar-refractivity contribution is 6.30. The first kappa shape index (κ1) is 21.1. The average Bonchev–Trinajstić information content (AvgIpc) is 2.77. The molecular weight excluding hydrogens is 424 g/mol. The zero-order valence-electron chi connectivity index (χ0n) is 17.0. The lowest BCUT2D eigenvalue weighted by Gasteiger charge is -2.38. The van der Waals surface area contributed by atoms with E-state index in [4.69, 9.17) is 21.1 Å². The van der Waals surface area contributed by atoms with E-state index in [1.165, 1.54) is 18.1 Å². The van der Waals surface area contributed by atoms with Gasteiger partial charge in [0, 0.05) is 11.6 Å². The molecule has 0 bridgehead atoms. The number of amides is 1. The molecule has 3 aromatic rings. The topological polar surface area (TPSA) is 38.8 Å². The molecule has 7 heteroatoms. The van der Waals surface area contributed by atoms with Crippen LogP contribution in [0.1, 0.15) is 33.1 Å². The van der Waals surface area contributed by atoms with Gasteiger partial charge in [0.05, 0.1) is 20.3 Å². The summed E-state index contributed by atoms with van der Waals surface area (Å²) in [5, 5.41) is 0.495. The normalized spacial score (nSPS) is 15.4. The van der Waals surface area contributed by atoms with E-state index >= 15 is 0 Å². The molecule has 0 saturated carbocycles. The van der Waals surface area contributed by atoms with Gasteiger partial charge in [-0.05, 0) is 59.5 Å². The summed E-state index contributed by atoms with van der Waals surface area (Å²) in [7, 11) is 3.08. The van der Waals surface area contributed by atoms with Crippen LogP contribution in [0.15, 0.2) is 54.6 Å². The molecular formula is C24H20ClF2NO3. The van der Waals surface area contributed by atoms with E-state index in [0.717, 1.165) is 28.8 Å². The Labute approximate surface area is 184 Å². The third-order valence-electron chi connectivity index (χ3n) is 5.48. The summed E-state index contributed by atoms with van der Waals surface area (Å²) < 4.78 is 39.7. The summed E-state index contributed by atoms with van der Waals surface area (Å²) >= 11 is 6.22. The van der Waals surface area contributed by atoms with E-state index in [-0.39, 0.29) is 6.54 Å². The lowest BCUT2D eigenvalue weighted by atomic mass is 9.87. The number of halogens is 3. The number of fused-ring (bicyclic) bond motifs is 1. The van der Waals surface area contributed by atoms with Gasteiger partial charge in [-0.1, -0.05) is 29.8 Å². The lowest BCUT2D eigenvalue weighted by Crippen LogP contribution is -2.41. The van der Waals surface area contributed by atoms with Crippen molar-refractivity contribution in [3.05, 3.63) is 93.5 Å². The molecule has 4 nitrogen and oxygen atoms in total. The van der Waals surface area contributed by atoms with Gasteiger partial charge in [-0.2, -0.15) is 0 Å². The SMILES string of the molecule is COc1cc2c(cc1OC)[C@@H](c1cccc(Cl)c1)N(C(=O)c1c(F)cccc1F)CC2. The molecule has 1 aliphatic heterocycles. The molecule has 1 aliphatic rings. The molecule has 0 radical (unpaired) electrons. The number of carbonyl (C=O) groups excluding carboxylic acids is 1. The van der Waals surface area contributed by atoms with E-state index in [2.05, 4.69) is 0 Å². The van der Waals surface area contributed by atoms with Gasteiger partial charge in [-0.25, -0.2) is 8.78 Å². The van der Waals surface area contributed by atoms with Gasteiger partial charge >= 0.3 is 0 Å². The predicted octanol–water partition coefficient (Wildman–Crippen LogP) is 5.42. The fraction of sp³-hybridized carbons (Fsp3) is 0.208. The van der Waals surface area contributed by atoms with Gasteiger partial charge in [0.25, 0.3) is 5.91 Å². The number of benzene rings is 3. The first-order valence-corrected chi connectivity index (χ1v) is 10.1. The Morgan fingerprint density at radius 2 is 1.65 bits per heavy atom. The summed E-state index contributed by atoms with van der Waals surface area (Å²) in [4.78, 5) is 14.8. The van der Waals surface area contributed by atoms with Gasteiger partial charge < -0.3 is 14.4 Å². The summed E-state index contributed by atoms with van der Waals surface area (Å²) in [5.41, 5.74) is 1.90. The van der Waals surface area contributed by atoms with Gasteiger partial charge in [-0.3, -0.25) is 4.79 Å². The van der Waals surface area contributed by atoms with Crippen molar-refractivity contribution in [3.63, 3.8) is 0 Å². The molecule has 0 aliphatic carbocycles. The summed E-state index contributed by atoms with van der Waals surface area (Å²) in [6, 6.07) is 13.6. The standard InChI is InChI=1S/C24H20ClF2NO3/c1-30-20-12-14-9-10-28(24(29)22-18(26)7-4-8-19(22)27)23(17(14)13-21(20)31-2)15-5-3-6-16(25)11-15/h3-8,11-13,23H,9-10H2,1-2H3/t23-/m1/s1. The molecule has 0 saturated heterocycles. The number of carbonyl (C=O) groups is 1. The Morgan fingerprint density at radius 3 is 2.29 bits per heavy atom. The number of hydrogen-bond acceptors (Lipinski definition) is 3.